The molecular weight excluding hydrogens is 348 g/mol. The van der Waals surface area contributed by atoms with Crippen molar-refractivity contribution in [3.63, 3.8) is 0 Å². The number of rotatable bonds is 5. The number of aromatic nitrogens is 2. The Kier molecular flexibility index (Phi) is 5.02. The van der Waals surface area contributed by atoms with Gasteiger partial charge in [0, 0.05) is 29.8 Å². The van der Waals surface area contributed by atoms with Crippen molar-refractivity contribution in [3.05, 3.63) is 97.0 Å². The smallest absolute Gasteiger partial charge is 0.338 e. The van der Waals surface area contributed by atoms with Gasteiger partial charge in [-0.15, -0.1) is 0 Å². The van der Waals surface area contributed by atoms with Gasteiger partial charge in [-0.05, 0) is 54.4 Å². The molecule has 4 aromatic rings. The topological polar surface area (TPSA) is 44.1 Å². The summed E-state index contributed by atoms with van der Waals surface area (Å²) in [6.07, 6.45) is 5.62. The van der Waals surface area contributed by atoms with Gasteiger partial charge in [-0.3, -0.25) is 4.98 Å². The average Bonchev–Trinajstić information content (AvgIpc) is 3.20. The molecule has 0 aliphatic heterocycles. The molecule has 0 amide bonds. The van der Waals surface area contributed by atoms with Crippen molar-refractivity contribution < 1.29 is 9.53 Å². The number of ether oxygens (including phenoxy) is 1. The van der Waals surface area contributed by atoms with E-state index in [0.717, 1.165) is 28.1 Å². The van der Waals surface area contributed by atoms with Gasteiger partial charge in [-0.1, -0.05) is 36.4 Å². The first-order valence-electron chi connectivity index (χ1n) is 9.22. The summed E-state index contributed by atoms with van der Waals surface area (Å²) in [6.45, 7) is 2.16. The van der Waals surface area contributed by atoms with Gasteiger partial charge in [0.05, 0.1) is 17.9 Å². The zero-order chi connectivity index (χ0) is 19.3. The van der Waals surface area contributed by atoms with Gasteiger partial charge < -0.3 is 9.30 Å². The lowest BCUT2D eigenvalue weighted by Crippen LogP contribution is -2.05. The second-order valence-electron chi connectivity index (χ2n) is 6.32. The quantitative estimate of drug-likeness (QED) is 0.444. The fourth-order valence-electron chi connectivity index (χ4n) is 3.30. The zero-order valence-corrected chi connectivity index (χ0v) is 15.6. The molecule has 0 saturated carbocycles. The molecular formula is C24H20N2O2. The standard InChI is InChI=1S/C24H20N2O2/c1-2-28-24(27)20-9-6-10-21(17-20)26-16-13-22(18-11-14-25-15-12-18)23(26)19-7-4-3-5-8-19/h3-17H,2H2,1H3. The number of nitrogens with zero attached hydrogens (tertiary/aromatic N) is 2. The molecule has 0 unspecified atom stereocenters. The third kappa shape index (κ3) is 3.45. The number of pyridine rings is 1. The van der Waals surface area contributed by atoms with E-state index in [4.69, 9.17) is 4.74 Å². The van der Waals surface area contributed by atoms with E-state index in [2.05, 4.69) is 27.8 Å². The third-order valence-corrected chi connectivity index (χ3v) is 4.56. The Balaban J connectivity index is 1.88. The van der Waals surface area contributed by atoms with Gasteiger partial charge in [-0.25, -0.2) is 4.79 Å². The monoisotopic (exact) mass is 368 g/mol. The molecule has 0 radical (unpaired) electrons. The minimum absolute atomic E-state index is 0.313. The molecule has 4 heteroatoms. The van der Waals surface area contributed by atoms with Crippen LogP contribution in [0.3, 0.4) is 0 Å². The molecule has 28 heavy (non-hydrogen) atoms. The van der Waals surface area contributed by atoms with E-state index in [1.165, 1.54) is 0 Å². The van der Waals surface area contributed by atoms with Crippen LogP contribution in [0.2, 0.25) is 0 Å². The largest absolute Gasteiger partial charge is 0.462 e. The van der Waals surface area contributed by atoms with E-state index in [1.807, 2.05) is 61.7 Å². The zero-order valence-electron chi connectivity index (χ0n) is 15.6. The molecule has 0 bridgehead atoms. The van der Waals surface area contributed by atoms with Gasteiger partial charge in [0.25, 0.3) is 0 Å². The summed E-state index contributed by atoms with van der Waals surface area (Å²) in [5.74, 6) is -0.313. The summed E-state index contributed by atoms with van der Waals surface area (Å²) in [7, 11) is 0. The first-order valence-corrected chi connectivity index (χ1v) is 9.22. The number of hydrogen-bond acceptors (Lipinski definition) is 3. The predicted molar refractivity (Wildman–Crippen MR) is 110 cm³/mol. The van der Waals surface area contributed by atoms with Crippen LogP contribution in [0, 0.1) is 0 Å². The minimum Gasteiger partial charge on any atom is -0.462 e. The van der Waals surface area contributed by atoms with Gasteiger partial charge in [0.1, 0.15) is 0 Å². The maximum Gasteiger partial charge on any atom is 0.338 e. The lowest BCUT2D eigenvalue weighted by molar-refractivity contribution is 0.0526. The Morgan fingerprint density at radius 3 is 2.46 bits per heavy atom. The van der Waals surface area contributed by atoms with E-state index in [0.29, 0.717) is 12.2 Å². The molecule has 0 saturated heterocycles. The van der Waals surface area contributed by atoms with E-state index < -0.39 is 0 Å². The lowest BCUT2D eigenvalue weighted by Gasteiger charge is -2.13. The Bertz CT molecular complexity index is 1090. The van der Waals surface area contributed by atoms with Crippen LogP contribution in [0.4, 0.5) is 0 Å². The SMILES string of the molecule is CCOC(=O)c1cccc(-n2ccc(-c3ccncc3)c2-c2ccccc2)c1. The van der Waals surface area contributed by atoms with Crippen molar-refractivity contribution >= 4 is 5.97 Å². The van der Waals surface area contributed by atoms with E-state index in [1.54, 1.807) is 18.5 Å². The number of esters is 1. The third-order valence-electron chi connectivity index (χ3n) is 4.56. The highest BCUT2D eigenvalue weighted by atomic mass is 16.5. The van der Waals surface area contributed by atoms with Crippen molar-refractivity contribution in [3.8, 4) is 28.1 Å². The maximum absolute atomic E-state index is 12.2. The van der Waals surface area contributed by atoms with Gasteiger partial charge >= 0.3 is 5.97 Å². The molecule has 2 aromatic heterocycles. The fraction of sp³-hybridized carbons (Fsp3) is 0.0833. The number of carbonyl (C=O) groups is 1. The summed E-state index contributed by atoms with van der Waals surface area (Å²) in [6, 6.07) is 23.8. The van der Waals surface area contributed by atoms with Crippen LogP contribution >= 0.6 is 0 Å². The van der Waals surface area contributed by atoms with Crippen LogP contribution in [-0.2, 0) is 4.74 Å². The van der Waals surface area contributed by atoms with Crippen LogP contribution in [0.15, 0.2) is 91.4 Å². The molecule has 4 nitrogen and oxygen atoms in total. The second kappa shape index (κ2) is 7.92. The highest BCUT2D eigenvalue weighted by Gasteiger charge is 2.15. The van der Waals surface area contributed by atoms with Crippen molar-refractivity contribution in [2.24, 2.45) is 0 Å². The summed E-state index contributed by atoms with van der Waals surface area (Å²) in [4.78, 5) is 16.3. The fourth-order valence-corrected chi connectivity index (χ4v) is 3.30. The summed E-state index contributed by atoms with van der Waals surface area (Å²) in [5.41, 5.74) is 5.81. The first kappa shape index (κ1) is 17.7. The normalized spacial score (nSPS) is 10.6. The van der Waals surface area contributed by atoms with Crippen LogP contribution in [0.1, 0.15) is 17.3 Å². The van der Waals surface area contributed by atoms with E-state index in [-0.39, 0.29) is 5.97 Å². The van der Waals surface area contributed by atoms with Crippen LogP contribution in [0.25, 0.3) is 28.1 Å². The Hall–Kier alpha value is -3.66. The summed E-state index contributed by atoms with van der Waals surface area (Å²) < 4.78 is 7.26. The van der Waals surface area contributed by atoms with Crippen LogP contribution in [-0.4, -0.2) is 22.1 Å². The molecule has 2 heterocycles. The Labute approximate surface area is 164 Å². The highest BCUT2D eigenvalue weighted by Crippen LogP contribution is 2.35. The summed E-state index contributed by atoms with van der Waals surface area (Å²) >= 11 is 0. The Morgan fingerprint density at radius 1 is 0.929 bits per heavy atom. The minimum atomic E-state index is -0.313. The number of carbonyl (C=O) groups excluding carboxylic acids is 1. The predicted octanol–water partition coefficient (Wildman–Crippen LogP) is 5.38. The van der Waals surface area contributed by atoms with Crippen LogP contribution in [0.5, 0.6) is 0 Å². The van der Waals surface area contributed by atoms with Gasteiger partial charge in [0.2, 0.25) is 0 Å². The van der Waals surface area contributed by atoms with Gasteiger partial charge in [-0.2, -0.15) is 0 Å². The second-order valence-corrected chi connectivity index (χ2v) is 6.32. The molecule has 2 aromatic carbocycles. The maximum atomic E-state index is 12.2. The van der Waals surface area contributed by atoms with Crippen molar-refractivity contribution in [2.45, 2.75) is 6.92 Å². The molecule has 0 aliphatic rings. The average molecular weight is 368 g/mol. The molecule has 0 fully saturated rings. The number of benzene rings is 2. The van der Waals surface area contributed by atoms with E-state index >= 15 is 0 Å². The highest BCUT2D eigenvalue weighted by molar-refractivity contribution is 5.90. The van der Waals surface area contributed by atoms with Crippen molar-refractivity contribution in [1.82, 2.24) is 9.55 Å². The van der Waals surface area contributed by atoms with Crippen LogP contribution < -0.4 is 0 Å². The molecule has 138 valence electrons. The molecule has 0 spiro atoms. The van der Waals surface area contributed by atoms with Gasteiger partial charge in [0.15, 0.2) is 0 Å². The number of hydrogen-bond donors (Lipinski definition) is 0. The molecule has 4 rings (SSSR count). The molecule has 0 N–H and O–H groups in total. The Morgan fingerprint density at radius 2 is 1.71 bits per heavy atom. The lowest BCUT2D eigenvalue weighted by atomic mass is 10.0. The molecule has 0 atom stereocenters. The summed E-state index contributed by atoms with van der Waals surface area (Å²) in [5, 5.41) is 0. The molecule has 0 aliphatic carbocycles. The van der Waals surface area contributed by atoms with Crippen molar-refractivity contribution in [2.75, 3.05) is 6.61 Å². The van der Waals surface area contributed by atoms with Crippen molar-refractivity contribution in [1.29, 1.82) is 0 Å². The first-order chi connectivity index (χ1) is 13.8. The van der Waals surface area contributed by atoms with E-state index in [9.17, 15) is 4.79 Å².